The molecule has 7 nitrogen and oxygen atoms in total. The fraction of sp³-hybridized carbons (Fsp3) is 0.412. The van der Waals surface area contributed by atoms with Gasteiger partial charge in [-0.15, -0.1) is 0 Å². The number of nitrogens with one attached hydrogen (secondary N) is 1. The number of aromatic amines is 1. The van der Waals surface area contributed by atoms with E-state index < -0.39 is 0 Å². The first-order valence-corrected chi connectivity index (χ1v) is 8.03. The summed E-state index contributed by atoms with van der Waals surface area (Å²) in [7, 11) is 5.44. The fourth-order valence-electron chi connectivity index (χ4n) is 3.29. The molecule has 0 bridgehead atoms. The third kappa shape index (κ3) is 2.32. The van der Waals surface area contributed by atoms with Crippen LogP contribution in [0, 0.1) is 0 Å². The van der Waals surface area contributed by atoms with Crippen molar-refractivity contribution in [3.05, 3.63) is 18.5 Å². The maximum absolute atomic E-state index is 5.46. The van der Waals surface area contributed by atoms with Crippen LogP contribution in [0.1, 0.15) is 0 Å². The molecule has 0 saturated carbocycles. The van der Waals surface area contributed by atoms with E-state index in [1.165, 1.54) is 0 Å². The summed E-state index contributed by atoms with van der Waals surface area (Å²) in [5, 5.41) is 2.09. The van der Waals surface area contributed by atoms with E-state index in [-0.39, 0.29) is 0 Å². The summed E-state index contributed by atoms with van der Waals surface area (Å²) in [6.45, 7) is 3.99. The molecule has 1 N–H and O–H groups in total. The number of hydrogen-bond acceptors (Lipinski definition) is 6. The van der Waals surface area contributed by atoms with Gasteiger partial charge < -0.3 is 24.3 Å². The summed E-state index contributed by atoms with van der Waals surface area (Å²) in [4.78, 5) is 17.0. The lowest BCUT2D eigenvalue weighted by molar-refractivity contribution is 0.312. The van der Waals surface area contributed by atoms with Gasteiger partial charge in [-0.2, -0.15) is 0 Å². The number of aromatic nitrogens is 3. The maximum atomic E-state index is 5.46. The molecule has 1 aromatic carbocycles. The first-order valence-electron chi connectivity index (χ1n) is 8.03. The molecule has 0 aliphatic carbocycles. The topological polar surface area (TPSA) is 66.5 Å². The van der Waals surface area contributed by atoms with Crippen molar-refractivity contribution in [2.24, 2.45) is 0 Å². The minimum absolute atomic E-state index is 0.700. The van der Waals surface area contributed by atoms with Gasteiger partial charge in [-0.25, -0.2) is 9.97 Å². The van der Waals surface area contributed by atoms with E-state index in [9.17, 15) is 0 Å². The van der Waals surface area contributed by atoms with Gasteiger partial charge >= 0.3 is 0 Å². The van der Waals surface area contributed by atoms with E-state index in [4.69, 9.17) is 9.47 Å². The smallest absolute Gasteiger partial charge is 0.162 e. The fourth-order valence-corrected chi connectivity index (χ4v) is 3.29. The number of benzene rings is 1. The predicted octanol–water partition coefficient (Wildman–Crippen LogP) is 1.88. The zero-order chi connectivity index (χ0) is 16.7. The quantitative estimate of drug-likeness (QED) is 0.792. The van der Waals surface area contributed by atoms with Crippen molar-refractivity contribution >= 4 is 27.8 Å². The Hall–Kier alpha value is -2.54. The van der Waals surface area contributed by atoms with Crippen LogP contribution in [0.3, 0.4) is 0 Å². The molecule has 1 saturated heterocycles. The summed E-state index contributed by atoms with van der Waals surface area (Å²) in [6, 6.07) is 3.94. The zero-order valence-electron chi connectivity index (χ0n) is 14.2. The highest BCUT2D eigenvalue weighted by atomic mass is 16.5. The Morgan fingerprint density at radius 1 is 1.00 bits per heavy atom. The van der Waals surface area contributed by atoms with Crippen LogP contribution in [0.15, 0.2) is 18.5 Å². The van der Waals surface area contributed by atoms with Crippen LogP contribution in [0.2, 0.25) is 0 Å². The molecule has 0 radical (unpaired) electrons. The predicted molar refractivity (Wildman–Crippen MR) is 94.2 cm³/mol. The maximum Gasteiger partial charge on any atom is 0.162 e. The lowest BCUT2D eigenvalue weighted by Crippen LogP contribution is -2.44. The summed E-state index contributed by atoms with van der Waals surface area (Å²) in [5.41, 5.74) is 1.81. The molecule has 0 atom stereocenters. The molecule has 3 aromatic rings. The van der Waals surface area contributed by atoms with Crippen molar-refractivity contribution < 1.29 is 9.47 Å². The van der Waals surface area contributed by atoms with Gasteiger partial charge in [0.1, 0.15) is 17.8 Å². The van der Waals surface area contributed by atoms with Gasteiger partial charge in [0.2, 0.25) is 0 Å². The first kappa shape index (κ1) is 15.0. The van der Waals surface area contributed by atoms with Gasteiger partial charge in [0, 0.05) is 37.6 Å². The first-order chi connectivity index (χ1) is 11.7. The Kier molecular flexibility index (Phi) is 3.65. The molecule has 126 valence electrons. The number of hydrogen-bond donors (Lipinski definition) is 1. The van der Waals surface area contributed by atoms with Gasteiger partial charge in [0.05, 0.1) is 25.1 Å². The summed E-state index contributed by atoms with van der Waals surface area (Å²) >= 11 is 0. The number of methoxy groups -OCH3 is 2. The SMILES string of the molecule is COc1cc2[nH]c3ncnc(N4CCN(C)CC4)c3c2cc1OC. The van der Waals surface area contributed by atoms with E-state index in [1.54, 1.807) is 20.5 Å². The summed E-state index contributed by atoms with van der Waals surface area (Å²) in [6.07, 6.45) is 1.62. The van der Waals surface area contributed by atoms with Crippen LogP contribution in [0.25, 0.3) is 21.9 Å². The van der Waals surface area contributed by atoms with Crippen molar-refractivity contribution in [3.63, 3.8) is 0 Å². The molecule has 0 unspecified atom stereocenters. The molecule has 4 rings (SSSR count). The number of rotatable bonds is 3. The lowest BCUT2D eigenvalue weighted by Gasteiger charge is -2.33. The summed E-state index contributed by atoms with van der Waals surface area (Å²) in [5.74, 6) is 2.39. The van der Waals surface area contributed by atoms with E-state index in [0.717, 1.165) is 53.9 Å². The molecule has 7 heteroatoms. The number of likely N-dealkylation sites (N-methyl/N-ethyl adjacent to an activating group) is 1. The number of ether oxygens (including phenoxy) is 2. The molecular weight excluding hydrogens is 306 g/mol. The molecule has 1 fully saturated rings. The van der Waals surface area contributed by atoms with Crippen molar-refractivity contribution in [1.82, 2.24) is 19.9 Å². The average molecular weight is 327 g/mol. The van der Waals surface area contributed by atoms with Crippen LogP contribution in [-0.4, -0.2) is 67.3 Å². The number of anilines is 1. The van der Waals surface area contributed by atoms with Crippen molar-refractivity contribution in [1.29, 1.82) is 0 Å². The number of H-pyrrole nitrogens is 1. The molecule has 24 heavy (non-hydrogen) atoms. The number of nitrogens with zero attached hydrogens (tertiary/aromatic N) is 4. The molecule has 2 aromatic heterocycles. The van der Waals surface area contributed by atoms with Crippen LogP contribution in [-0.2, 0) is 0 Å². The van der Waals surface area contributed by atoms with Gasteiger partial charge in [0.25, 0.3) is 0 Å². The summed E-state index contributed by atoms with van der Waals surface area (Å²) < 4.78 is 10.9. The molecule has 0 amide bonds. The van der Waals surface area contributed by atoms with E-state index in [0.29, 0.717) is 11.5 Å². The highest BCUT2D eigenvalue weighted by Crippen LogP contribution is 2.38. The second-order valence-corrected chi connectivity index (χ2v) is 6.09. The van der Waals surface area contributed by atoms with Crippen LogP contribution >= 0.6 is 0 Å². The standard InChI is InChI=1S/C17H21N5O2/c1-21-4-6-22(7-5-21)17-15-11-8-13(23-2)14(24-3)9-12(11)20-16(15)18-10-19-17/h8-10H,4-7H2,1-3H3,(H,18,19,20). The normalized spacial score (nSPS) is 16.0. The molecular formula is C17H21N5O2. The molecule has 1 aliphatic heterocycles. The highest BCUT2D eigenvalue weighted by molar-refractivity contribution is 6.12. The van der Waals surface area contributed by atoms with Gasteiger partial charge in [0.15, 0.2) is 11.5 Å². The Balaban J connectivity index is 1.91. The van der Waals surface area contributed by atoms with Gasteiger partial charge in [-0.1, -0.05) is 0 Å². The largest absolute Gasteiger partial charge is 0.493 e. The van der Waals surface area contributed by atoms with Crippen LogP contribution in [0.4, 0.5) is 5.82 Å². The second kappa shape index (κ2) is 5.83. The molecule has 3 heterocycles. The van der Waals surface area contributed by atoms with Crippen molar-refractivity contribution in [2.75, 3.05) is 52.3 Å². The van der Waals surface area contributed by atoms with E-state index >= 15 is 0 Å². The van der Waals surface area contributed by atoms with Crippen LogP contribution in [0.5, 0.6) is 11.5 Å². The number of fused-ring (bicyclic) bond motifs is 3. The number of piperazine rings is 1. The van der Waals surface area contributed by atoms with E-state index in [1.807, 2.05) is 12.1 Å². The third-order valence-electron chi connectivity index (χ3n) is 4.68. The van der Waals surface area contributed by atoms with Crippen molar-refractivity contribution in [3.8, 4) is 11.5 Å². The Morgan fingerprint density at radius 2 is 1.71 bits per heavy atom. The Labute approximate surface area is 140 Å². The van der Waals surface area contributed by atoms with E-state index in [2.05, 4.69) is 31.8 Å². The minimum Gasteiger partial charge on any atom is -0.493 e. The Bertz CT molecular complexity index is 883. The molecule has 1 aliphatic rings. The highest BCUT2D eigenvalue weighted by Gasteiger charge is 2.21. The van der Waals surface area contributed by atoms with Crippen molar-refractivity contribution in [2.45, 2.75) is 0 Å². The van der Waals surface area contributed by atoms with Gasteiger partial charge in [-0.05, 0) is 13.1 Å². The lowest BCUT2D eigenvalue weighted by atomic mass is 10.1. The third-order valence-corrected chi connectivity index (χ3v) is 4.68. The van der Waals surface area contributed by atoms with Gasteiger partial charge in [-0.3, -0.25) is 0 Å². The zero-order valence-corrected chi connectivity index (χ0v) is 14.2. The van der Waals surface area contributed by atoms with Crippen LogP contribution < -0.4 is 14.4 Å². The average Bonchev–Trinajstić information content (AvgIpc) is 2.98. The monoisotopic (exact) mass is 327 g/mol. The molecule has 0 spiro atoms. The minimum atomic E-state index is 0.700. The Morgan fingerprint density at radius 3 is 2.42 bits per heavy atom. The second-order valence-electron chi connectivity index (χ2n) is 6.09.